The third-order valence-electron chi connectivity index (χ3n) is 3.75. The lowest BCUT2D eigenvalue weighted by molar-refractivity contribution is -0.125. The second kappa shape index (κ2) is 5.42. The summed E-state index contributed by atoms with van der Waals surface area (Å²) in [7, 11) is 0. The van der Waals surface area contributed by atoms with E-state index in [9.17, 15) is 4.79 Å². The quantitative estimate of drug-likeness (QED) is 0.887. The molecule has 0 saturated carbocycles. The molecule has 0 bridgehead atoms. The van der Waals surface area contributed by atoms with Gasteiger partial charge >= 0.3 is 0 Å². The smallest absolute Gasteiger partial charge is 0.237 e. The number of aromatic amines is 1. The number of amides is 1. The Labute approximate surface area is 116 Å². The largest absolute Gasteiger partial charge is 0.381 e. The zero-order chi connectivity index (χ0) is 13.8. The van der Waals surface area contributed by atoms with Crippen LogP contribution in [-0.4, -0.2) is 34.3 Å². The fraction of sp³-hybridized carbons (Fsp3) is 0.357. The van der Waals surface area contributed by atoms with Gasteiger partial charge in [-0.1, -0.05) is 30.3 Å². The van der Waals surface area contributed by atoms with Gasteiger partial charge in [0.15, 0.2) is 0 Å². The first-order chi connectivity index (χ1) is 9.81. The van der Waals surface area contributed by atoms with Crippen LogP contribution in [0.3, 0.4) is 0 Å². The molecule has 0 spiro atoms. The van der Waals surface area contributed by atoms with Crippen molar-refractivity contribution in [3.8, 4) is 0 Å². The van der Waals surface area contributed by atoms with Crippen molar-refractivity contribution in [2.75, 3.05) is 18.5 Å². The second-order valence-electron chi connectivity index (χ2n) is 4.85. The summed E-state index contributed by atoms with van der Waals surface area (Å²) in [4.78, 5) is 16.7. The van der Waals surface area contributed by atoms with E-state index in [0.29, 0.717) is 32.0 Å². The molecule has 1 saturated heterocycles. The summed E-state index contributed by atoms with van der Waals surface area (Å²) < 4.78 is 5.42. The van der Waals surface area contributed by atoms with Crippen LogP contribution < -0.4 is 5.32 Å². The summed E-state index contributed by atoms with van der Waals surface area (Å²) in [5.74, 6) is 0.306. The summed E-state index contributed by atoms with van der Waals surface area (Å²) in [5, 5.41) is 9.20. The van der Waals surface area contributed by atoms with Gasteiger partial charge in [0, 0.05) is 13.2 Å². The van der Waals surface area contributed by atoms with Crippen LogP contribution in [0.1, 0.15) is 18.4 Å². The van der Waals surface area contributed by atoms with Crippen LogP contribution in [0.15, 0.2) is 36.7 Å². The monoisotopic (exact) mass is 272 g/mol. The van der Waals surface area contributed by atoms with Gasteiger partial charge < -0.3 is 4.74 Å². The molecule has 1 aromatic heterocycles. The Hall–Kier alpha value is -2.21. The topological polar surface area (TPSA) is 79.9 Å². The number of hydrogen-bond donors (Lipinski definition) is 2. The number of anilines is 1. The first-order valence-electron chi connectivity index (χ1n) is 6.61. The van der Waals surface area contributed by atoms with Gasteiger partial charge in [0.25, 0.3) is 0 Å². The molecule has 6 heteroatoms. The van der Waals surface area contributed by atoms with Gasteiger partial charge in [-0.05, 0) is 18.4 Å². The first-order valence-corrected chi connectivity index (χ1v) is 6.61. The average Bonchev–Trinajstić information content (AvgIpc) is 3.02. The van der Waals surface area contributed by atoms with Crippen LogP contribution in [0.2, 0.25) is 0 Å². The highest BCUT2D eigenvalue weighted by Gasteiger charge is 2.41. The predicted molar refractivity (Wildman–Crippen MR) is 73.2 cm³/mol. The normalized spacial score (nSPS) is 17.6. The number of nitrogens with zero attached hydrogens (tertiary/aromatic N) is 2. The first kappa shape index (κ1) is 12.8. The molecule has 6 nitrogen and oxygen atoms in total. The van der Waals surface area contributed by atoms with E-state index in [4.69, 9.17) is 4.74 Å². The van der Waals surface area contributed by atoms with Crippen molar-refractivity contribution in [1.82, 2.24) is 15.2 Å². The molecule has 2 N–H and O–H groups in total. The third kappa shape index (κ3) is 2.30. The number of carbonyl (C=O) groups excluding carboxylic acids is 1. The molecule has 1 aromatic carbocycles. The Morgan fingerprint density at radius 1 is 1.25 bits per heavy atom. The maximum atomic E-state index is 12.7. The minimum Gasteiger partial charge on any atom is -0.381 e. The zero-order valence-electron chi connectivity index (χ0n) is 11.0. The molecule has 1 fully saturated rings. The predicted octanol–water partition coefficient (Wildman–Crippen LogP) is 1.49. The van der Waals surface area contributed by atoms with Crippen LogP contribution in [0, 0.1) is 0 Å². The molecule has 104 valence electrons. The molecule has 0 atom stereocenters. The maximum Gasteiger partial charge on any atom is 0.237 e. The summed E-state index contributed by atoms with van der Waals surface area (Å²) in [5.41, 5.74) is 0.451. The number of aromatic nitrogens is 3. The van der Waals surface area contributed by atoms with Gasteiger partial charge in [-0.15, -0.1) is 0 Å². The number of H-pyrrole nitrogens is 1. The maximum absolute atomic E-state index is 12.7. The fourth-order valence-electron chi connectivity index (χ4n) is 2.62. The molecular weight excluding hydrogens is 256 g/mol. The van der Waals surface area contributed by atoms with Crippen molar-refractivity contribution in [2.24, 2.45) is 0 Å². The van der Waals surface area contributed by atoms with Crippen molar-refractivity contribution in [1.29, 1.82) is 0 Å². The molecule has 20 heavy (non-hydrogen) atoms. The number of carbonyl (C=O) groups is 1. The van der Waals surface area contributed by atoms with Crippen LogP contribution in [0.25, 0.3) is 0 Å². The summed E-state index contributed by atoms with van der Waals surface area (Å²) in [6, 6.07) is 9.84. The number of nitrogens with one attached hydrogen (secondary N) is 2. The van der Waals surface area contributed by atoms with Crippen molar-refractivity contribution in [3.63, 3.8) is 0 Å². The Morgan fingerprint density at radius 3 is 2.65 bits per heavy atom. The summed E-state index contributed by atoms with van der Waals surface area (Å²) >= 11 is 0. The SMILES string of the molecule is O=C(Nc1ncn[nH]1)C1(c2ccccc2)CCOCC1. The van der Waals surface area contributed by atoms with E-state index in [1.165, 1.54) is 6.33 Å². The van der Waals surface area contributed by atoms with Crippen LogP contribution in [0.4, 0.5) is 5.95 Å². The van der Waals surface area contributed by atoms with Crippen LogP contribution in [-0.2, 0) is 14.9 Å². The molecule has 1 aliphatic rings. The van der Waals surface area contributed by atoms with Gasteiger partial charge in [0.05, 0.1) is 5.41 Å². The molecule has 3 rings (SSSR count). The lowest BCUT2D eigenvalue weighted by Crippen LogP contribution is -2.45. The number of benzene rings is 1. The zero-order valence-corrected chi connectivity index (χ0v) is 11.0. The van der Waals surface area contributed by atoms with Gasteiger partial charge in [-0.25, -0.2) is 5.10 Å². The number of ether oxygens (including phenoxy) is 1. The molecule has 0 unspecified atom stereocenters. The van der Waals surface area contributed by atoms with E-state index < -0.39 is 5.41 Å². The van der Waals surface area contributed by atoms with Crippen LogP contribution in [0.5, 0.6) is 0 Å². The number of rotatable bonds is 3. The van der Waals surface area contributed by atoms with E-state index in [1.54, 1.807) is 0 Å². The highest BCUT2D eigenvalue weighted by atomic mass is 16.5. The van der Waals surface area contributed by atoms with Crippen molar-refractivity contribution >= 4 is 11.9 Å². The molecule has 1 amide bonds. The highest BCUT2D eigenvalue weighted by molar-refractivity contribution is 5.98. The molecular formula is C14H16N4O2. The Kier molecular flexibility index (Phi) is 3.47. The lowest BCUT2D eigenvalue weighted by Gasteiger charge is -2.35. The Balaban J connectivity index is 1.91. The second-order valence-corrected chi connectivity index (χ2v) is 4.85. The van der Waals surface area contributed by atoms with Gasteiger partial charge in [-0.2, -0.15) is 10.1 Å². The van der Waals surface area contributed by atoms with E-state index >= 15 is 0 Å². The van der Waals surface area contributed by atoms with Gasteiger partial charge in [-0.3, -0.25) is 10.1 Å². The van der Waals surface area contributed by atoms with E-state index in [2.05, 4.69) is 20.5 Å². The molecule has 2 aromatic rings. The molecule has 1 aliphatic heterocycles. The summed E-state index contributed by atoms with van der Waals surface area (Å²) in [6.45, 7) is 1.16. The van der Waals surface area contributed by atoms with Crippen molar-refractivity contribution in [2.45, 2.75) is 18.3 Å². The fourth-order valence-corrected chi connectivity index (χ4v) is 2.62. The minimum absolute atomic E-state index is 0.0660. The molecule has 0 radical (unpaired) electrons. The third-order valence-corrected chi connectivity index (χ3v) is 3.75. The summed E-state index contributed by atoms with van der Waals surface area (Å²) in [6.07, 6.45) is 2.70. The van der Waals surface area contributed by atoms with E-state index in [-0.39, 0.29) is 5.91 Å². The average molecular weight is 272 g/mol. The Bertz CT molecular complexity index is 562. The standard InChI is InChI=1S/C14H16N4O2/c19-12(17-13-15-10-16-18-13)14(6-8-20-9-7-14)11-4-2-1-3-5-11/h1-5,10H,6-9H2,(H2,15,16,17,18,19). The van der Waals surface area contributed by atoms with Crippen LogP contribution >= 0.6 is 0 Å². The highest BCUT2D eigenvalue weighted by Crippen LogP contribution is 2.35. The van der Waals surface area contributed by atoms with Gasteiger partial charge in [0.1, 0.15) is 6.33 Å². The molecule has 0 aliphatic carbocycles. The lowest BCUT2D eigenvalue weighted by atomic mass is 9.73. The minimum atomic E-state index is -0.563. The van der Waals surface area contributed by atoms with Crippen molar-refractivity contribution < 1.29 is 9.53 Å². The van der Waals surface area contributed by atoms with E-state index in [1.807, 2.05) is 30.3 Å². The van der Waals surface area contributed by atoms with E-state index in [0.717, 1.165) is 5.56 Å². The van der Waals surface area contributed by atoms with Gasteiger partial charge in [0.2, 0.25) is 11.9 Å². The molecule has 2 heterocycles. The number of hydrogen-bond acceptors (Lipinski definition) is 4. The van der Waals surface area contributed by atoms with Crippen molar-refractivity contribution in [3.05, 3.63) is 42.2 Å². The Morgan fingerprint density at radius 2 is 2.00 bits per heavy atom.